The average molecular weight is 377 g/mol. The number of nitrogens with one attached hydrogen (secondary N) is 2. The van der Waals surface area contributed by atoms with Crippen LogP contribution in [-0.2, 0) is 14.6 Å². The molecule has 0 bridgehead atoms. The minimum atomic E-state index is -3.54. The molecule has 8 heteroatoms. The Morgan fingerprint density at radius 2 is 1.96 bits per heavy atom. The number of imide groups is 1. The molecule has 1 fully saturated rings. The van der Waals surface area contributed by atoms with E-state index in [1.165, 1.54) is 19.2 Å². The zero-order chi connectivity index (χ0) is 19.3. The van der Waals surface area contributed by atoms with Crippen LogP contribution in [0.2, 0.25) is 0 Å². The van der Waals surface area contributed by atoms with Crippen molar-refractivity contribution in [1.82, 2.24) is 10.6 Å². The molecule has 0 radical (unpaired) electrons. The van der Waals surface area contributed by atoms with Crippen LogP contribution in [0.15, 0.2) is 23.1 Å². The Kier molecular flexibility index (Phi) is 6.37. The van der Waals surface area contributed by atoms with Gasteiger partial charge in [-0.3, -0.25) is 10.1 Å². The Morgan fingerprint density at radius 3 is 2.50 bits per heavy atom. The van der Waals surface area contributed by atoms with E-state index < -0.39 is 27.7 Å². The molecule has 0 saturated heterocycles. The summed E-state index contributed by atoms with van der Waals surface area (Å²) in [7, 11) is -2.12. The van der Waals surface area contributed by atoms with Gasteiger partial charge in [0.15, 0.2) is 9.84 Å². The van der Waals surface area contributed by atoms with Crippen LogP contribution in [0.1, 0.15) is 49.1 Å². The fraction of sp³-hybridized carbons (Fsp3) is 0.500. The monoisotopic (exact) mass is 377 g/mol. The molecule has 0 aliphatic heterocycles. The van der Waals surface area contributed by atoms with Gasteiger partial charge in [-0.1, -0.05) is 31.7 Å². The number of amides is 3. The van der Waals surface area contributed by atoms with Crippen LogP contribution in [0.5, 0.6) is 0 Å². The molecule has 1 saturated carbocycles. The van der Waals surface area contributed by atoms with Crippen molar-refractivity contribution in [3.8, 4) is 6.07 Å². The van der Waals surface area contributed by atoms with Crippen molar-refractivity contribution in [3.63, 3.8) is 0 Å². The Morgan fingerprint density at radius 1 is 1.31 bits per heavy atom. The van der Waals surface area contributed by atoms with Crippen LogP contribution in [0.3, 0.4) is 0 Å². The molecule has 1 unspecified atom stereocenters. The smallest absolute Gasteiger partial charge is 0.321 e. The van der Waals surface area contributed by atoms with E-state index in [1.807, 2.05) is 6.07 Å². The lowest BCUT2D eigenvalue weighted by molar-refractivity contribution is -0.121. The largest absolute Gasteiger partial charge is 0.341 e. The van der Waals surface area contributed by atoms with Gasteiger partial charge < -0.3 is 5.32 Å². The molecule has 2 N–H and O–H groups in total. The van der Waals surface area contributed by atoms with Gasteiger partial charge in [0.1, 0.15) is 6.07 Å². The Balaban J connectivity index is 2.39. The molecule has 0 spiro atoms. The van der Waals surface area contributed by atoms with Crippen LogP contribution in [-0.4, -0.2) is 33.7 Å². The van der Waals surface area contributed by atoms with E-state index in [0.717, 1.165) is 31.9 Å². The zero-order valence-electron chi connectivity index (χ0n) is 14.9. The molecular formula is C18H23N3O4S. The number of urea groups is 1. The van der Waals surface area contributed by atoms with E-state index in [-0.39, 0.29) is 10.5 Å². The predicted octanol–water partition coefficient (Wildman–Crippen LogP) is 2.08. The normalized spacial score (nSPS) is 15.9. The minimum Gasteiger partial charge on any atom is -0.341 e. The molecule has 1 aromatic rings. The lowest BCUT2D eigenvalue weighted by Crippen LogP contribution is -2.40. The molecule has 0 heterocycles. The molecular weight excluding hydrogens is 354 g/mol. The molecule has 1 aromatic carbocycles. The van der Waals surface area contributed by atoms with Crippen LogP contribution >= 0.6 is 0 Å². The van der Waals surface area contributed by atoms with Gasteiger partial charge in [0.05, 0.1) is 16.4 Å². The van der Waals surface area contributed by atoms with Gasteiger partial charge in [-0.05, 0) is 30.0 Å². The first-order valence-corrected chi connectivity index (χ1v) is 10.4. The van der Waals surface area contributed by atoms with Crippen LogP contribution in [0.4, 0.5) is 4.79 Å². The van der Waals surface area contributed by atoms with Gasteiger partial charge in [0.2, 0.25) is 5.91 Å². The summed E-state index contributed by atoms with van der Waals surface area (Å²) in [6.07, 6.45) is 5.88. The maximum atomic E-state index is 12.6. The van der Waals surface area contributed by atoms with E-state index in [1.54, 1.807) is 6.07 Å². The summed E-state index contributed by atoms with van der Waals surface area (Å²) < 4.78 is 23.6. The quantitative estimate of drug-likeness (QED) is 0.815. The highest BCUT2D eigenvalue weighted by atomic mass is 32.2. The van der Waals surface area contributed by atoms with E-state index in [9.17, 15) is 23.3 Å². The van der Waals surface area contributed by atoms with Crippen molar-refractivity contribution >= 4 is 21.8 Å². The number of benzene rings is 1. The minimum absolute atomic E-state index is 0.00849. The number of rotatable bonds is 5. The van der Waals surface area contributed by atoms with Crippen molar-refractivity contribution in [2.75, 3.05) is 13.3 Å². The third-order valence-corrected chi connectivity index (χ3v) is 5.90. The van der Waals surface area contributed by atoms with E-state index in [0.29, 0.717) is 17.9 Å². The molecule has 7 nitrogen and oxygen atoms in total. The van der Waals surface area contributed by atoms with Crippen LogP contribution in [0.25, 0.3) is 0 Å². The number of hydrogen-bond acceptors (Lipinski definition) is 5. The highest BCUT2D eigenvalue weighted by Crippen LogP contribution is 2.35. The van der Waals surface area contributed by atoms with E-state index in [2.05, 4.69) is 10.6 Å². The highest BCUT2D eigenvalue weighted by molar-refractivity contribution is 7.90. The standard InChI is InChI=1S/C18H23N3O4S/c1-20-18(23)21-17(22)15(9-12-5-3-4-6-12)13-7-8-16(26(2,24)25)14(10-13)11-19/h7-8,10,12,15H,3-6,9H2,1-2H3,(H2,20,21,22,23). The molecule has 2 rings (SSSR count). The van der Waals surface area contributed by atoms with Gasteiger partial charge in [0, 0.05) is 13.3 Å². The lowest BCUT2D eigenvalue weighted by Gasteiger charge is -2.21. The summed E-state index contributed by atoms with van der Waals surface area (Å²) >= 11 is 0. The predicted molar refractivity (Wildman–Crippen MR) is 96.2 cm³/mol. The summed E-state index contributed by atoms with van der Waals surface area (Å²) in [6.45, 7) is 0. The van der Waals surface area contributed by atoms with Gasteiger partial charge in [-0.2, -0.15) is 5.26 Å². The van der Waals surface area contributed by atoms with Crippen molar-refractivity contribution in [3.05, 3.63) is 29.3 Å². The molecule has 0 aromatic heterocycles. The Labute approximate surface area is 153 Å². The summed E-state index contributed by atoms with van der Waals surface area (Å²) in [4.78, 5) is 24.1. The maximum absolute atomic E-state index is 12.6. The zero-order valence-corrected chi connectivity index (χ0v) is 15.7. The lowest BCUT2D eigenvalue weighted by atomic mass is 9.86. The second-order valence-electron chi connectivity index (χ2n) is 6.65. The Hall–Kier alpha value is -2.40. The van der Waals surface area contributed by atoms with Gasteiger partial charge in [-0.15, -0.1) is 0 Å². The summed E-state index contributed by atoms with van der Waals surface area (Å²) in [6, 6.07) is 5.65. The summed E-state index contributed by atoms with van der Waals surface area (Å²) in [5, 5.41) is 14.0. The molecule has 1 aliphatic rings. The number of nitrogens with zero attached hydrogens (tertiary/aromatic N) is 1. The first kappa shape index (κ1) is 19.9. The number of carbonyl (C=O) groups is 2. The fourth-order valence-electron chi connectivity index (χ4n) is 3.41. The van der Waals surface area contributed by atoms with Crippen molar-refractivity contribution in [2.45, 2.75) is 42.9 Å². The number of sulfone groups is 1. The molecule has 1 atom stereocenters. The summed E-state index contributed by atoms with van der Waals surface area (Å²) in [5.41, 5.74) is 0.552. The molecule has 3 amide bonds. The molecule has 1 aliphatic carbocycles. The van der Waals surface area contributed by atoms with E-state index >= 15 is 0 Å². The number of carbonyl (C=O) groups excluding carboxylic acids is 2. The number of nitriles is 1. The topological polar surface area (TPSA) is 116 Å². The maximum Gasteiger partial charge on any atom is 0.321 e. The van der Waals surface area contributed by atoms with Crippen molar-refractivity contribution < 1.29 is 18.0 Å². The summed E-state index contributed by atoms with van der Waals surface area (Å²) in [5.74, 6) is -0.695. The van der Waals surface area contributed by atoms with Crippen LogP contribution in [0, 0.1) is 17.2 Å². The van der Waals surface area contributed by atoms with Gasteiger partial charge >= 0.3 is 6.03 Å². The first-order valence-electron chi connectivity index (χ1n) is 8.53. The highest BCUT2D eigenvalue weighted by Gasteiger charge is 2.28. The average Bonchev–Trinajstić information content (AvgIpc) is 3.11. The third-order valence-electron chi connectivity index (χ3n) is 4.75. The fourth-order valence-corrected chi connectivity index (χ4v) is 4.23. The van der Waals surface area contributed by atoms with Crippen LogP contribution < -0.4 is 10.6 Å². The Bertz CT molecular complexity index is 836. The first-order chi connectivity index (χ1) is 12.3. The second-order valence-corrected chi connectivity index (χ2v) is 8.63. The third kappa shape index (κ3) is 4.82. The van der Waals surface area contributed by atoms with Crippen molar-refractivity contribution in [1.29, 1.82) is 5.26 Å². The van der Waals surface area contributed by atoms with Gasteiger partial charge in [0.25, 0.3) is 0 Å². The SMILES string of the molecule is CNC(=O)NC(=O)C(CC1CCCC1)c1ccc(S(C)(=O)=O)c(C#N)c1. The van der Waals surface area contributed by atoms with Gasteiger partial charge in [-0.25, -0.2) is 13.2 Å². The number of hydrogen-bond donors (Lipinski definition) is 2. The van der Waals surface area contributed by atoms with E-state index in [4.69, 9.17) is 0 Å². The second kappa shape index (κ2) is 8.32. The molecule has 26 heavy (non-hydrogen) atoms. The molecule has 140 valence electrons. The van der Waals surface area contributed by atoms with Crippen molar-refractivity contribution in [2.24, 2.45) is 5.92 Å².